The van der Waals surface area contributed by atoms with Gasteiger partial charge in [0.1, 0.15) is 22.9 Å². The van der Waals surface area contributed by atoms with E-state index in [4.69, 9.17) is 5.73 Å². The van der Waals surface area contributed by atoms with Crippen LogP contribution in [0.2, 0.25) is 0 Å². The monoisotopic (exact) mass is 391 g/mol. The maximum Gasteiger partial charge on any atom is 0.352 e. The summed E-state index contributed by atoms with van der Waals surface area (Å²) in [5, 5.41) is 11.5. The van der Waals surface area contributed by atoms with Gasteiger partial charge in [-0.1, -0.05) is 24.8 Å². The number of nitrogens with zero attached hydrogens (tertiary/aromatic N) is 1. The van der Waals surface area contributed by atoms with Crippen molar-refractivity contribution in [3.8, 4) is 0 Å². The molecule has 0 radical (unpaired) electrons. The number of hydrogen-bond acceptors (Lipinski definition) is 5. The summed E-state index contributed by atoms with van der Waals surface area (Å²) in [6.45, 7) is 3.58. The highest BCUT2D eigenvalue weighted by Crippen LogP contribution is 2.40. The fourth-order valence-electron chi connectivity index (χ4n) is 3.03. The first kappa shape index (κ1) is 19.1. The van der Waals surface area contributed by atoms with Crippen molar-refractivity contribution in [2.75, 3.05) is 5.75 Å². The Bertz CT molecular complexity index is 840. The molecule has 0 spiro atoms. The molecule has 1 saturated heterocycles. The zero-order valence-electron chi connectivity index (χ0n) is 14.2. The van der Waals surface area contributed by atoms with Crippen LogP contribution in [0.15, 0.2) is 48.2 Å². The average molecular weight is 391 g/mol. The number of allylic oxidation sites excluding steroid dienone is 1. The number of amides is 2. The van der Waals surface area contributed by atoms with Gasteiger partial charge >= 0.3 is 5.97 Å². The molecule has 2 aliphatic rings. The van der Waals surface area contributed by atoms with Crippen molar-refractivity contribution >= 4 is 29.5 Å². The maximum absolute atomic E-state index is 12.9. The van der Waals surface area contributed by atoms with Gasteiger partial charge in [-0.2, -0.15) is 0 Å². The van der Waals surface area contributed by atoms with Crippen LogP contribution in [0.3, 0.4) is 0 Å². The quantitative estimate of drug-likeness (QED) is 0.613. The zero-order valence-corrected chi connectivity index (χ0v) is 15.0. The van der Waals surface area contributed by atoms with Gasteiger partial charge in [0.2, 0.25) is 5.91 Å². The molecule has 0 saturated carbocycles. The summed E-state index contributed by atoms with van der Waals surface area (Å²) in [7, 11) is 0. The largest absolute Gasteiger partial charge is 0.477 e. The van der Waals surface area contributed by atoms with Gasteiger partial charge < -0.3 is 16.2 Å². The van der Waals surface area contributed by atoms with Crippen molar-refractivity contribution < 1.29 is 23.9 Å². The number of nitrogens with one attached hydrogen (secondary N) is 1. The van der Waals surface area contributed by atoms with Gasteiger partial charge in [0.05, 0.1) is 6.04 Å². The second-order valence-electron chi connectivity index (χ2n) is 6.22. The summed E-state index contributed by atoms with van der Waals surface area (Å²) < 4.78 is 12.9. The number of aliphatic carboxylic acids is 1. The molecule has 2 aliphatic heterocycles. The van der Waals surface area contributed by atoms with E-state index in [0.717, 1.165) is 0 Å². The van der Waals surface area contributed by atoms with Gasteiger partial charge in [0.15, 0.2) is 0 Å². The Morgan fingerprint density at radius 1 is 1.44 bits per heavy atom. The van der Waals surface area contributed by atoms with Crippen molar-refractivity contribution in [1.29, 1.82) is 0 Å². The number of thioether (sulfide) groups is 1. The van der Waals surface area contributed by atoms with E-state index in [2.05, 4.69) is 11.9 Å². The molecule has 142 valence electrons. The molecule has 2 heterocycles. The van der Waals surface area contributed by atoms with E-state index in [1.807, 2.05) is 0 Å². The molecule has 3 atom stereocenters. The van der Waals surface area contributed by atoms with Crippen LogP contribution in [-0.2, 0) is 20.8 Å². The lowest BCUT2D eigenvalue weighted by Crippen LogP contribution is -2.71. The molecule has 1 fully saturated rings. The van der Waals surface area contributed by atoms with Crippen molar-refractivity contribution in [1.82, 2.24) is 10.2 Å². The molecular weight excluding hydrogens is 373 g/mol. The zero-order chi connectivity index (χ0) is 19.7. The summed E-state index contributed by atoms with van der Waals surface area (Å²) in [6, 6.07) is 3.89. The van der Waals surface area contributed by atoms with Gasteiger partial charge in [-0.25, -0.2) is 9.18 Å². The predicted molar refractivity (Wildman–Crippen MR) is 98.0 cm³/mol. The van der Waals surface area contributed by atoms with Crippen molar-refractivity contribution in [2.24, 2.45) is 5.73 Å². The number of rotatable bonds is 6. The first-order valence-electron chi connectivity index (χ1n) is 8.17. The lowest BCUT2D eigenvalue weighted by molar-refractivity contribution is -0.150. The number of benzene rings is 1. The van der Waals surface area contributed by atoms with E-state index < -0.39 is 35.2 Å². The van der Waals surface area contributed by atoms with Crippen molar-refractivity contribution in [3.05, 3.63) is 59.6 Å². The highest BCUT2D eigenvalue weighted by Gasteiger charge is 2.54. The van der Waals surface area contributed by atoms with Crippen molar-refractivity contribution in [2.45, 2.75) is 23.9 Å². The Hall–Kier alpha value is -2.65. The highest BCUT2D eigenvalue weighted by atomic mass is 32.2. The molecule has 0 aliphatic carbocycles. The molecule has 9 heteroatoms. The lowest BCUT2D eigenvalue weighted by Gasteiger charge is -2.49. The van der Waals surface area contributed by atoms with Crippen LogP contribution in [0.25, 0.3) is 0 Å². The first-order chi connectivity index (χ1) is 12.8. The normalized spacial score (nSPS) is 22.6. The molecule has 2 amide bonds. The number of halogens is 1. The minimum absolute atomic E-state index is 0.0974. The summed E-state index contributed by atoms with van der Waals surface area (Å²) >= 11 is 1.35. The van der Waals surface area contributed by atoms with Gasteiger partial charge in [0, 0.05) is 5.75 Å². The second kappa shape index (κ2) is 7.53. The predicted octanol–water partition coefficient (Wildman–Crippen LogP) is 0.620. The molecule has 0 bridgehead atoms. The lowest BCUT2D eigenvalue weighted by atomic mass is 10.0. The molecule has 0 aromatic heterocycles. The number of carboxylic acid groups (broad SMARTS) is 1. The molecule has 3 rings (SSSR count). The molecular formula is C18H18FN3O4S. The third kappa shape index (κ3) is 3.60. The number of carbonyl (C=O) groups is 3. The smallest absolute Gasteiger partial charge is 0.352 e. The Morgan fingerprint density at radius 3 is 2.70 bits per heavy atom. The van der Waals surface area contributed by atoms with E-state index in [0.29, 0.717) is 16.9 Å². The molecule has 27 heavy (non-hydrogen) atoms. The van der Waals surface area contributed by atoms with E-state index in [-0.39, 0.29) is 17.9 Å². The Balaban J connectivity index is 1.65. The van der Waals surface area contributed by atoms with Gasteiger partial charge in [-0.15, -0.1) is 11.8 Å². The Labute approximate surface area is 159 Å². The highest BCUT2D eigenvalue weighted by molar-refractivity contribution is 8.00. The first-order valence-corrected chi connectivity index (χ1v) is 9.22. The number of β-lactam (4-membered cyclic amide) rings is 1. The van der Waals surface area contributed by atoms with Crippen LogP contribution in [-0.4, -0.2) is 51.0 Å². The van der Waals surface area contributed by atoms with E-state index >= 15 is 0 Å². The summed E-state index contributed by atoms with van der Waals surface area (Å²) in [5.41, 5.74) is 6.96. The second-order valence-corrected chi connectivity index (χ2v) is 7.32. The minimum Gasteiger partial charge on any atom is -0.477 e. The van der Waals surface area contributed by atoms with E-state index in [1.54, 1.807) is 0 Å². The number of carbonyl (C=O) groups excluding carboxylic acids is 2. The minimum atomic E-state index is -1.21. The molecule has 7 nitrogen and oxygen atoms in total. The third-order valence-corrected chi connectivity index (χ3v) is 5.75. The van der Waals surface area contributed by atoms with E-state index in [1.165, 1.54) is 47.0 Å². The van der Waals surface area contributed by atoms with Crippen LogP contribution < -0.4 is 11.1 Å². The molecule has 1 aromatic carbocycles. The number of nitrogens with two attached hydrogens (primary N) is 1. The van der Waals surface area contributed by atoms with Gasteiger partial charge in [0.25, 0.3) is 5.91 Å². The van der Waals surface area contributed by atoms with Crippen LogP contribution in [0.4, 0.5) is 4.39 Å². The average Bonchev–Trinajstić information content (AvgIpc) is 2.65. The van der Waals surface area contributed by atoms with Crippen LogP contribution >= 0.6 is 11.8 Å². The SMILES string of the molecule is C=CC1=C(C(=O)O)N2C(=O)[C@@H](NC(=O)[C@@H](N)Cc3ccc(F)cc3)[C@H]2SC1. The molecule has 0 unspecified atom stereocenters. The van der Waals surface area contributed by atoms with Crippen LogP contribution in [0, 0.1) is 5.82 Å². The molecule has 4 N–H and O–H groups in total. The topological polar surface area (TPSA) is 113 Å². The van der Waals surface area contributed by atoms with Gasteiger partial charge in [-0.3, -0.25) is 14.5 Å². The summed E-state index contributed by atoms with van der Waals surface area (Å²) in [6.07, 6.45) is 1.61. The van der Waals surface area contributed by atoms with Crippen LogP contribution in [0.5, 0.6) is 0 Å². The van der Waals surface area contributed by atoms with E-state index in [9.17, 15) is 23.9 Å². The number of fused-ring (bicyclic) bond motifs is 1. The summed E-state index contributed by atoms with van der Waals surface area (Å²) in [5.74, 6) is -2.22. The number of carboxylic acids is 1. The third-order valence-electron chi connectivity index (χ3n) is 4.45. The fraction of sp³-hybridized carbons (Fsp3) is 0.278. The standard InChI is InChI=1S/C18H18FN3O4S/c1-2-10-8-27-17-13(16(24)22(17)14(10)18(25)26)21-15(23)12(20)7-9-3-5-11(19)6-4-9/h2-6,12-13,17H,1,7-8,20H2,(H,21,23)(H,25,26)/t12-,13+,17+/m0/s1. The number of hydrogen-bond donors (Lipinski definition) is 3. The fourth-order valence-corrected chi connectivity index (χ4v) is 4.37. The summed E-state index contributed by atoms with van der Waals surface area (Å²) in [4.78, 5) is 37.4. The molecule has 1 aromatic rings. The van der Waals surface area contributed by atoms with Gasteiger partial charge in [-0.05, 0) is 29.7 Å². The Kier molecular flexibility index (Phi) is 5.33. The van der Waals surface area contributed by atoms with Crippen molar-refractivity contribution in [3.63, 3.8) is 0 Å². The maximum atomic E-state index is 12.9. The Morgan fingerprint density at radius 2 is 2.11 bits per heavy atom. The van der Waals surface area contributed by atoms with Crippen LogP contribution in [0.1, 0.15) is 5.56 Å².